The molecule has 2 N–H and O–H groups in total. The van der Waals surface area contributed by atoms with Crippen LogP contribution in [0.4, 0.5) is 16.0 Å². The number of anilines is 2. The Balaban J connectivity index is 1.64. The summed E-state index contributed by atoms with van der Waals surface area (Å²) in [4.78, 5) is 5.98. The molecule has 0 saturated carbocycles. The van der Waals surface area contributed by atoms with Crippen molar-refractivity contribution in [3.05, 3.63) is 53.9 Å². The Morgan fingerprint density at radius 1 is 1.18 bits per heavy atom. The smallest absolute Gasteiger partial charge is 0.221 e. The van der Waals surface area contributed by atoms with Crippen LogP contribution in [0.3, 0.4) is 0 Å². The van der Waals surface area contributed by atoms with Crippen molar-refractivity contribution in [3.8, 4) is 17.2 Å². The van der Waals surface area contributed by atoms with Gasteiger partial charge in [-0.15, -0.1) is 10.2 Å². The normalized spacial score (nSPS) is 14.8. The zero-order valence-electron chi connectivity index (χ0n) is 15.5. The van der Waals surface area contributed by atoms with Crippen LogP contribution < -0.4 is 10.6 Å². The molecule has 2 aromatic heterocycles. The van der Waals surface area contributed by atoms with E-state index in [1.54, 1.807) is 6.07 Å². The van der Waals surface area contributed by atoms with Crippen molar-refractivity contribution in [2.24, 2.45) is 7.05 Å². The Kier molecular flexibility index (Phi) is 4.65. The molecule has 0 radical (unpaired) electrons. The Morgan fingerprint density at radius 3 is 2.57 bits per heavy atom. The number of piperidine rings is 1. The molecule has 0 amide bonds. The number of hydrogen-bond donors (Lipinski definition) is 1. The summed E-state index contributed by atoms with van der Waals surface area (Å²) < 4.78 is 15.1. The highest BCUT2D eigenvalue weighted by Gasteiger charge is 2.27. The second-order valence-corrected chi connectivity index (χ2v) is 6.92. The number of para-hydroxylation sites is 1. The first-order chi connectivity index (χ1) is 13.6. The molecule has 3 heterocycles. The number of halogens is 1. The molecule has 142 valence electrons. The van der Waals surface area contributed by atoms with Crippen molar-refractivity contribution in [2.45, 2.75) is 18.8 Å². The van der Waals surface area contributed by atoms with E-state index in [4.69, 9.17) is 5.73 Å². The molecule has 0 atom stereocenters. The number of benzene rings is 1. The van der Waals surface area contributed by atoms with Gasteiger partial charge in [-0.3, -0.25) is 0 Å². The van der Waals surface area contributed by atoms with Crippen LogP contribution >= 0.6 is 0 Å². The minimum atomic E-state index is -0.523. The number of hydrogen-bond acceptors (Lipinski definition) is 6. The van der Waals surface area contributed by atoms with Crippen molar-refractivity contribution >= 4 is 11.6 Å². The average Bonchev–Trinajstić information content (AvgIpc) is 3.06. The minimum Gasteiger partial charge on any atom is -0.370 e. The van der Waals surface area contributed by atoms with Crippen LogP contribution in [0.1, 0.15) is 30.1 Å². The SMILES string of the molecule is Cn1c(N)nnc1C1CCN(c2c(C#N)cccc2-c2ccc(F)nc2)CC1. The summed E-state index contributed by atoms with van der Waals surface area (Å²) in [5, 5.41) is 17.8. The molecule has 0 aliphatic carbocycles. The predicted octanol–water partition coefficient (Wildman–Crippen LogP) is 2.85. The van der Waals surface area contributed by atoms with Gasteiger partial charge in [0.2, 0.25) is 11.9 Å². The highest BCUT2D eigenvalue weighted by atomic mass is 19.1. The van der Waals surface area contributed by atoms with E-state index in [2.05, 4.69) is 26.2 Å². The Bertz CT molecular complexity index is 1030. The predicted molar refractivity (Wildman–Crippen MR) is 104 cm³/mol. The lowest BCUT2D eigenvalue weighted by Gasteiger charge is -2.35. The van der Waals surface area contributed by atoms with Crippen molar-refractivity contribution in [1.29, 1.82) is 5.26 Å². The van der Waals surface area contributed by atoms with Gasteiger partial charge in [-0.1, -0.05) is 12.1 Å². The first-order valence-electron chi connectivity index (χ1n) is 9.13. The molecule has 1 aliphatic heterocycles. The number of rotatable bonds is 3. The third-order valence-corrected chi connectivity index (χ3v) is 5.31. The van der Waals surface area contributed by atoms with Crippen molar-refractivity contribution < 1.29 is 4.39 Å². The molecule has 3 aromatic rings. The molecular formula is C20H20FN7. The summed E-state index contributed by atoms with van der Waals surface area (Å²) in [6.07, 6.45) is 3.27. The van der Waals surface area contributed by atoms with E-state index >= 15 is 0 Å². The molecular weight excluding hydrogens is 357 g/mol. The first kappa shape index (κ1) is 17.9. The number of nitrogens with two attached hydrogens (primary N) is 1. The van der Waals surface area contributed by atoms with Gasteiger partial charge in [0, 0.05) is 43.4 Å². The van der Waals surface area contributed by atoms with Crippen LogP contribution in [0.2, 0.25) is 0 Å². The standard InChI is InChI=1S/C20H20FN7/c1-27-19(25-26-20(27)23)13-7-9-28(10-8-13)18-14(11-22)3-2-4-16(18)15-5-6-17(21)24-12-15/h2-6,12-13H,7-10H2,1H3,(H2,23,26). The minimum absolute atomic E-state index is 0.274. The summed E-state index contributed by atoms with van der Waals surface area (Å²) in [5.74, 6) is 1.06. The number of pyridine rings is 1. The molecule has 0 unspecified atom stereocenters. The van der Waals surface area contributed by atoms with Crippen LogP contribution in [0.5, 0.6) is 0 Å². The fraction of sp³-hybridized carbons (Fsp3) is 0.300. The lowest BCUT2D eigenvalue weighted by Crippen LogP contribution is -2.34. The van der Waals surface area contributed by atoms with Gasteiger partial charge in [-0.25, -0.2) is 4.98 Å². The zero-order valence-corrected chi connectivity index (χ0v) is 15.5. The fourth-order valence-corrected chi connectivity index (χ4v) is 3.81. The second-order valence-electron chi connectivity index (χ2n) is 6.92. The van der Waals surface area contributed by atoms with Crippen molar-refractivity contribution in [1.82, 2.24) is 19.7 Å². The molecule has 0 bridgehead atoms. The molecule has 8 heteroatoms. The summed E-state index contributed by atoms with van der Waals surface area (Å²) >= 11 is 0. The monoisotopic (exact) mass is 377 g/mol. The van der Waals surface area contributed by atoms with E-state index in [1.807, 2.05) is 29.8 Å². The van der Waals surface area contributed by atoms with Crippen molar-refractivity contribution in [2.75, 3.05) is 23.7 Å². The second kappa shape index (κ2) is 7.27. The van der Waals surface area contributed by atoms with Crippen LogP contribution in [0, 0.1) is 17.3 Å². The first-order valence-corrected chi connectivity index (χ1v) is 9.13. The van der Waals surface area contributed by atoms with E-state index in [9.17, 15) is 9.65 Å². The Morgan fingerprint density at radius 2 is 1.96 bits per heavy atom. The van der Waals surface area contributed by atoms with E-state index < -0.39 is 5.95 Å². The molecule has 4 rings (SSSR count). The van der Waals surface area contributed by atoms with Crippen LogP contribution in [0.15, 0.2) is 36.5 Å². The van der Waals surface area contributed by atoms with Crippen LogP contribution in [0.25, 0.3) is 11.1 Å². The zero-order chi connectivity index (χ0) is 19.7. The molecule has 7 nitrogen and oxygen atoms in total. The van der Waals surface area contributed by atoms with Gasteiger partial charge < -0.3 is 15.2 Å². The van der Waals surface area contributed by atoms with Crippen LogP contribution in [-0.4, -0.2) is 32.8 Å². The third-order valence-electron chi connectivity index (χ3n) is 5.31. The van der Waals surface area contributed by atoms with E-state index in [-0.39, 0.29) is 5.92 Å². The number of aromatic nitrogens is 4. The van der Waals surface area contributed by atoms with Gasteiger partial charge in [0.05, 0.1) is 11.3 Å². The Labute approximate surface area is 162 Å². The molecule has 1 fully saturated rings. The highest BCUT2D eigenvalue weighted by Crippen LogP contribution is 2.37. The quantitative estimate of drug-likeness (QED) is 0.705. The molecule has 0 spiro atoms. The summed E-state index contributed by atoms with van der Waals surface area (Å²) in [6.45, 7) is 1.55. The third kappa shape index (κ3) is 3.16. The lowest BCUT2D eigenvalue weighted by atomic mass is 9.93. The average molecular weight is 377 g/mol. The molecule has 28 heavy (non-hydrogen) atoms. The van der Waals surface area contributed by atoms with Gasteiger partial charge in [-0.2, -0.15) is 9.65 Å². The number of nitrogens with zero attached hydrogens (tertiary/aromatic N) is 6. The van der Waals surface area contributed by atoms with E-state index in [0.29, 0.717) is 11.5 Å². The largest absolute Gasteiger partial charge is 0.370 e. The van der Waals surface area contributed by atoms with Crippen LogP contribution in [-0.2, 0) is 7.05 Å². The molecule has 1 aromatic carbocycles. The lowest BCUT2D eigenvalue weighted by molar-refractivity contribution is 0.475. The van der Waals surface area contributed by atoms with Gasteiger partial charge in [0.15, 0.2) is 0 Å². The summed E-state index contributed by atoms with van der Waals surface area (Å²) in [5.41, 5.74) is 8.95. The summed E-state index contributed by atoms with van der Waals surface area (Å²) in [7, 11) is 1.88. The maximum atomic E-state index is 13.2. The highest BCUT2D eigenvalue weighted by molar-refractivity contribution is 5.82. The van der Waals surface area contributed by atoms with E-state index in [1.165, 1.54) is 12.3 Å². The topological polar surface area (TPSA) is 96.7 Å². The summed E-state index contributed by atoms with van der Waals surface area (Å²) in [6, 6.07) is 10.9. The molecule has 1 aliphatic rings. The maximum absolute atomic E-state index is 13.2. The fourth-order valence-electron chi connectivity index (χ4n) is 3.81. The molecule has 1 saturated heterocycles. The van der Waals surface area contributed by atoms with Crippen molar-refractivity contribution in [3.63, 3.8) is 0 Å². The Hall–Kier alpha value is -3.47. The van der Waals surface area contributed by atoms with Gasteiger partial charge in [0.1, 0.15) is 11.9 Å². The van der Waals surface area contributed by atoms with Gasteiger partial charge in [0.25, 0.3) is 0 Å². The number of nitrogen functional groups attached to an aromatic ring is 1. The van der Waals surface area contributed by atoms with Gasteiger partial charge >= 0.3 is 0 Å². The van der Waals surface area contributed by atoms with E-state index in [0.717, 1.165) is 48.6 Å². The van der Waals surface area contributed by atoms with Gasteiger partial charge in [-0.05, 0) is 31.0 Å². The maximum Gasteiger partial charge on any atom is 0.221 e. The number of nitriles is 1.